The van der Waals surface area contributed by atoms with E-state index in [1.54, 1.807) is 0 Å². The number of nitrogens with zero attached hydrogens (tertiary/aromatic N) is 5. The van der Waals surface area contributed by atoms with E-state index >= 15 is 0 Å². The SMILES string of the molecule is N[C@]1(NC=O)C(=O)N2C(C(=O)OC(c3ccccc3)c3ccccc3)=C(CSc3nnnn3NC=O)CS[C@@H]21. The molecular formula is C24H22N8O5S2. The molecule has 39 heavy (non-hydrogen) atoms. The van der Waals surface area contributed by atoms with Crippen molar-refractivity contribution < 1.29 is 23.9 Å². The number of aromatic nitrogens is 4. The zero-order valence-electron chi connectivity index (χ0n) is 20.2. The number of esters is 1. The van der Waals surface area contributed by atoms with Crippen LogP contribution in [0.3, 0.4) is 0 Å². The van der Waals surface area contributed by atoms with Crippen LogP contribution < -0.4 is 16.5 Å². The summed E-state index contributed by atoms with van der Waals surface area (Å²) in [6.45, 7) is 0. The van der Waals surface area contributed by atoms with Crippen LogP contribution in [0.4, 0.5) is 0 Å². The highest BCUT2D eigenvalue weighted by Gasteiger charge is 2.63. The molecule has 3 heterocycles. The van der Waals surface area contributed by atoms with Gasteiger partial charge in [-0.05, 0) is 27.1 Å². The molecule has 0 bridgehead atoms. The summed E-state index contributed by atoms with van der Waals surface area (Å²) in [5, 5.41) is 13.0. The number of tetrazole rings is 1. The zero-order valence-corrected chi connectivity index (χ0v) is 21.8. The second-order valence-electron chi connectivity index (χ2n) is 8.44. The van der Waals surface area contributed by atoms with E-state index < -0.39 is 29.0 Å². The Morgan fingerprint density at radius 1 is 1.15 bits per heavy atom. The molecule has 0 unspecified atom stereocenters. The summed E-state index contributed by atoms with van der Waals surface area (Å²) in [4.78, 5) is 51.4. The summed E-state index contributed by atoms with van der Waals surface area (Å²) in [5.74, 6) is -0.838. The van der Waals surface area contributed by atoms with Crippen LogP contribution in [0, 0.1) is 0 Å². The van der Waals surface area contributed by atoms with Gasteiger partial charge >= 0.3 is 5.97 Å². The fourth-order valence-corrected chi connectivity index (χ4v) is 6.63. The van der Waals surface area contributed by atoms with Gasteiger partial charge in [-0.15, -0.1) is 16.6 Å². The third kappa shape index (κ3) is 4.98. The number of thioether (sulfide) groups is 2. The van der Waals surface area contributed by atoms with Crippen molar-refractivity contribution in [2.45, 2.75) is 22.3 Å². The van der Waals surface area contributed by atoms with Crippen molar-refractivity contribution in [3.63, 3.8) is 0 Å². The van der Waals surface area contributed by atoms with Crippen LogP contribution in [0.5, 0.6) is 0 Å². The highest BCUT2D eigenvalue weighted by atomic mass is 32.2. The lowest BCUT2D eigenvalue weighted by atomic mass is 9.96. The van der Waals surface area contributed by atoms with E-state index in [0.29, 0.717) is 24.1 Å². The average Bonchev–Trinajstić information content (AvgIpc) is 3.42. The number of amides is 3. The van der Waals surface area contributed by atoms with E-state index in [2.05, 4.69) is 26.3 Å². The van der Waals surface area contributed by atoms with Crippen molar-refractivity contribution in [2.75, 3.05) is 16.9 Å². The maximum atomic E-state index is 13.9. The van der Waals surface area contributed by atoms with Gasteiger partial charge in [-0.3, -0.25) is 25.0 Å². The van der Waals surface area contributed by atoms with Gasteiger partial charge in [0, 0.05) is 11.5 Å². The van der Waals surface area contributed by atoms with Crippen molar-refractivity contribution >= 4 is 48.2 Å². The standard InChI is InChI=1S/C24H22N8O5S2/c25-24(26-13-33)21(36)31-18(17(11-38-22(24)31)12-39-23-28-29-30-32(23)27-14-34)20(35)37-19(15-7-3-1-4-8-15)16-9-5-2-6-10-16/h1-10,13-14,19,22H,11-12,25H2,(H,26,33)(H,27,34)/t22-,24+/m1/s1. The average molecular weight is 567 g/mol. The molecule has 0 radical (unpaired) electrons. The van der Waals surface area contributed by atoms with Crippen LogP contribution in [0.1, 0.15) is 17.2 Å². The van der Waals surface area contributed by atoms with Crippen molar-refractivity contribution in [1.82, 2.24) is 30.5 Å². The van der Waals surface area contributed by atoms with Crippen LogP contribution in [0.15, 0.2) is 77.1 Å². The quantitative estimate of drug-likeness (QED) is 0.0961. The zero-order chi connectivity index (χ0) is 27.4. The Balaban J connectivity index is 1.49. The van der Waals surface area contributed by atoms with Gasteiger partial charge in [-0.25, -0.2) is 10.2 Å². The Hall–Kier alpha value is -4.21. The first-order chi connectivity index (χ1) is 19.0. The molecule has 0 saturated carbocycles. The number of rotatable bonds is 11. The lowest BCUT2D eigenvalue weighted by Gasteiger charge is -2.55. The predicted octanol–water partition coefficient (Wildman–Crippen LogP) is 0.368. The fourth-order valence-electron chi connectivity index (χ4n) is 4.27. The number of nitrogens with one attached hydrogen (secondary N) is 2. The largest absolute Gasteiger partial charge is 0.448 e. The molecular weight excluding hydrogens is 544 g/mol. The summed E-state index contributed by atoms with van der Waals surface area (Å²) in [6.07, 6.45) is 0.0468. The Morgan fingerprint density at radius 3 is 2.44 bits per heavy atom. The molecule has 4 N–H and O–H groups in total. The van der Waals surface area contributed by atoms with Crippen molar-refractivity contribution in [1.29, 1.82) is 0 Å². The van der Waals surface area contributed by atoms with E-state index in [4.69, 9.17) is 10.5 Å². The monoisotopic (exact) mass is 566 g/mol. The third-order valence-electron chi connectivity index (χ3n) is 6.10. The van der Waals surface area contributed by atoms with E-state index in [1.807, 2.05) is 60.7 Å². The summed E-state index contributed by atoms with van der Waals surface area (Å²) in [7, 11) is 0. The molecule has 1 aromatic heterocycles. The Morgan fingerprint density at radius 2 is 1.82 bits per heavy atom. The van der Waals surface area contributed by atoms with Crippen LogP contribution in [0.2, 0.25) is 0 Å². The number of carbonyl (C=O) groups is 4. The minimum absolute atomic E-state index is 0.0456. The highest BCUT2D eigenvalue weighted by molar-refractivity contribution is 8.01. The van der Waals surface area contributed by atoms with Crippen molar-refractivity contribution in [3.8, 4) is 0 Å². The van der Waals surface area contributed by atoms with Crippen LogP contribution in [0.25, 0.3) is 0 Å². The van der Waals surface area contributed by atoms with Crippen LogP contribution >= 0.6 is 23.5 Å². The van der Waals surface area contributed by atoms with Crippen molar-refractivity contribution in [2.24, 2.45) is 5.73 Å². The van der Waals surface area contributed by atoms with Gasteiger partial charge < -0.3 is 10.1 Å². The second-order valence-corrected chi connectivity index (χ2v) is 10.4. The summed E-state index contributed by atoms with van der Waals surface area (Å²) >= 11 is 2.46. The van der Waals surface area contributed by atoms with Crippen LogP contribution in [-0.4, -0.2) is 72.5 Å². The molecule has 13 nitrogen and oxygen atoms in total. The maximum absolute atomic E-state index is 13.9. The Kier molecular flexibility index (Phi) is 7.63. The molecule has 3 aromatic rings. The first-order valence-electron chi connectivity index (χ1n) is 11.6. The first kappa shape index (κ1) is 26.4. The van der Waals surface area contributed by atoms with E-state index in [9.17, 15) is 19.2 Å². The molecule has 15 heteroatoms. The van der Waals surface area contributed by atoms with Gasteiger partial charge in [0.2, 0.25) is 23.6 Å². The number of benzene rings is 2. The van der Waals surface area contributed by atoms with Crippen molar-refractivity contribution in [3.05, 3.63) is 83.1 Å². The van der Waals surface area contributed by atoms with Gasteiger partial charge in [0.25, 0.3) is 5.91 Å². The molecule has 2 aliphatic heterocycles. The van der Waals surface area contributed by atoms with E-state index in [-0.39, 0.29) is 16.6 Å². The van der Waals surface area contributed by atoms with Gasteiger partial charge in [-0.2, -0.15) is 0 Å². The van der Waals surface area contributed by atoms with Crippen LogP contribution in [-0.2, 0) is 23.9 Å². The topological polar surface area (TPSA) is 174 Å². The molecule has 0 spiro atoms. The molecule has 2 aliphatic rings. The van der Waals surface area contributed by atoms with Gasteiger partial charge in [0.1, 0.15) is 11.1 Å². The predicted molar refractivity (Wildman–Crippen MR) is 141 cm³/mol. The molecule has 1 saturated heterocycles. The van der Waals surface area contributed by atoms with Gasteiger partial charge in [0.15, 0.2) is 6.10 Å². The first-order valence-corrected chi connectivity index (χ1v) is 13.6. The number of fused-ring (bicyclic) bond motifs is 1. The molecule has 2 atom stereocenters. The maximum Gasteiger partial charge on any atom is 0.356 e. The molecule has 1 fully saturated rings. The molecule has 0 aliphatic carbocycles. The van der Waals surface area contributed by atoms with E-state index in [1.165, 1.54) is 16.7 Å². The van der Waals surface area contributed by atoms with E-state index in [0.717, 1.165) is 27.7 Å². The van der Waals surface area contributed by atoms with Gasteiger partial charge in [0.05, 0.1) is 0 Å². The Bertz CT molecular complexity index is 1380. The number of carbonyl (C=O) groups excluding carboxylic acids is 4. The number of β-lactam (4-membered cyclic amide) rings is 1. The number of nitrogens with two attached hydrogens (primary N) is 1. The lowest BCUT2D eigenvalue weighted by Crippen LogP contribution is -2.83. The minimum atomic E-state index is -1.65. The number of hydrogen-bond donors (Lipinski definition) is 3. The third-order valence-corrected chi connectivity index (χ3v) is 8.52. The highest BCUT2D eigenvalue weighted by Crippen LogP contribution is 2.45. The molecule has 2 aromatic carbocycles. The van der Waals surface area contributed by atoms with Gasteiger partial charge in [-0.1, -0.05) is 77.5 Å². The second kappa shape index (κ2) is 11.3. The summed E-state index contributed by atoms with van der Waals surface area (Å²) in [5.41, 5.74) is 9.02. The normalized spacial score (nSPS) is 20.2. The summed E-state index contributed by atoms with van der Waals surface area (Å²) in [6, 6.07) is 18.5. The molecule has 3 amide bonds. The fraction of sp³-hybridized carbons (Fsp3) is 0.208. The lowest BCUT2D eigenvalue weighted by molar-refractivity contribution is -0.160. The summed E-state index contributed by atoms with van der Waals surface area (Å²) < 4.78 is 6.08. The number of ether oxygens (including phenoxy) is 1. The molecule has 5 rings (SSSR count). The Labute approximate surface area is 230 Å². The molecule has 200 valence electrons. The number of hydrogen-bond acceptors (Lipinski definition) is 11. The minimum Gasteiger partial charge on any atom is -0.448 e. The smallest absolute Gasteiger partial charge is 0.356 e.